The maximum atomic E-state index is 4.30. The van der Waals surface area contributed by atoms with E-state index in [0.717, 1.165) is 35.6 Å². The molecule has 0 saturated carbocycles. The molecule has 118 valence electrons. The highest BCUT2D eigenvalue weighted by Gasteiger charge is 1.99. The first-order valence-electron chi connectivity index (χ1n) is 6.87. The van der Waals surface area contributed by atoms with Gasteiger partial charge in [-0.2, -0.15) is 0 Å². The van der Waals surface area contributed by atoms with Crippen molar-refractivity contribution in [3.8, 4) is 0 Å². The molecule has 0 saturated heterocycles. The van der Waals surface area contributed by atoms with Crippen molar-refractivity contribution in [3.63, 3.8) is 0 Å². The molecule has 0 fully saturated rings. The molecule has 0 amide bonds. The first kappa shape index (κ1) is 18.9. The van der Waals surface area contributed by atoms with Crippen molar-refractivity contribution in [2.24, 2.45) is 4.99 Å². The molecular weight excluding hydrogens is 455 g/mol. The molecule has 0 bridgehead atoms. The highest BCUT2D eigenvalue weighted by Crippen LogP contribution is 2.11. The number of rotatable bonds is 5. The summed E-state index contributed by atoms with van der Waals surface area (Å²) in [4.78, 5) is 8.52. The number of aromatic nitrogens is 1. The van der Waals surface area contributed by atoms with Crippen molar-refractivity contribution in [3.05, 3.63) is 64.4 Å². The van der Waals surface area contributed by atoms with Crippen LogP contribution < -0.4 is 10.6 Å². The van der Waals surface area contributed by atoms with Crippen LogP contribution in [-0.4, -0.2) is 24.5 Å². The summed E-state index contributed by atoms with van der Waals surface area (Å²) in [6.45, 7) is 1.54. The molecule has 0 aliphatic heterocycles. The first-order chi connectivity index (χ1) is 10.3. The summed E-state index contributed by atoms with van der Waals surface area (Å²) in [5, 5.41) is 6.59. The van der Waals surface area contributed by atoms with E-state index in [1.807, 2.05) is 36.5 Å². The van der Waals surface area contributed by atoms with Gasteiger partial charge in [-0.05, 0) is 29.8 Å². The molecule has 1 aromatic heterocycles. The lowest BCUT2D eigenvalue weighted by Gasteiger charge is -2.12. The third-order valence-electron chi connectivity index (χ3n) is 2.97. The summed E-state index contributed by atoms with van der Waals surface area (Å²) < 4.78 is 1.08. The largest absolute Gasteiger partial charge is 0.356 e. The topological polar surface area (TPSA) is 49.3 Å². The molecule has 0 aliphatic carbocycles. The van der Waals surface area contributed by atoms with Gasteiger partial charge in [-0.15, -0.1) is 24.0 Å². The van der Waals surface area contributed by atoms with Gasteiger partial charge in [0.25, 0.3) is 0 Å². The van der Waals surface area contributed by atoms with Crippen molar-refractivity contribution in [1.29, 1.82) is 0 Å². The lowest BCUT2D eigenvalue weighted by Crippen LogP contribution is -2.37. The Morgan fingerprint density at radius 1 is 1.18 bits per heavy atom. The quantitative estimate of drug-likeness (QED) is 0.397. The molecule has 0 spiro atoms. The number of hydrogen-bond donors (Lipinski definition) is 2. The van der Waals surface area contributed by atoms with Crippen molar-refractivity contribution >= 4 is 45.9 Å². The molecule has 2 aromatic rings. The van der Waals surface area contributed by atoms with Crippen LogP contribution in [0, 0.1) is 0 Å². The van der Waals surface area contributed by atoms with E-state index >= 15 is 0 Å². The van der Waals surface area contributed by atoms with E-state index in [-0.39, 0.29) is 24.0 Å². The molecular formula is C16H20BrIN4. The van der Waals surface area contributed by atoms with Gasteiger partial charge in [0.1, 0.15) is 0 Å². The Labute approximate surface area is 157 Å². The molecule has 22 heavy (non-hydrogen) atoms. The number of halogens is 2. The number of benzene rings is 1. The summed E-state index contributed by atoms with van der Waals surface area (Å²) in [7, 11) is 1.77. The minimum atomic E-state index is 0. The molecule has 0 aliphatic rings. The molecule has 4 nitrogen and oxygen atoms in total. The van der Waals surface area contributed by atoms with Gasteiger partial charge in [-0.3, -0.25) is 9.98 Å². The number of aliphatic imine (C=N–C) groups is 1. The third-order valence-corrected chi connectivity index (χ3v) is 3.47. The van der Waals surface area contributed by atoms with Gasteiger partial charge in [0.15, 0.2) is 5.96 Å². The molecule has 0 unspecified atom stereocenters. The zero-order valence-electron chi connectivity index (χ0n) is 12.4. The van der Waals surface area contributed by atoms with Crippen molar-refractivity contribution in [2.75, 3.05) is 13.6 Å². The van der Waals surface area contributed by atoms with Crippen LogP contribution >= 0.6 is 39.9 Å². The van der Waals surface area contributed by atoms with Crippen molar-refractivity contribution < 1.29 is 0 Å². The van der Waals surface area contributed by atoms with Gasteiger partial charge in [0.2, 0.25) is 0 Å². The van der Waals surface area contributed by atoms with Crippen LogP contribution in [-0.2, 0) is 13.0 Å². The number of guanidine groups is 1. The summed E-state index contributed by atoms with van der Waals surface area (Å²) in [6, 6.07) is 14.2. The van der Waals surface area contributed by atoms with Crippen molar-refractivity contribution in [1.82, 2.24) is 15.6 Å². The Morgan fingerprint density at radius 2 is 2.05 bits per heavy atom. The first-order valence-corrected chi connectivity index (χ1v) is 7.66. The fraction of sp³-hybridized carbons (Fsp3) is 0.250. The van der Waals surface area contributed by atoms with Crippen LogP contribution in [0.5, 0.6) is 0 Å². The zero-order chi connectivity index (χ0) is 14.9. The Kier molecular flexibility index (Phi) is 9.07. The van der Waals surface area contributed by atoms with E-state index in [1.54, 1.807) is 7.05 Å². The molecule has 1 heterocycles. The van der Waals surface area contributed by atoms with E-state index in [9.17, 15) is 0 Å². The van der Waals surface area contributed by atoms with E-state index in [1.165, 1.54) is 5.56 Å². The standard InChI is InChI=1S/C16H19BrN4.HI/c1-18-16(20-10-8-15-7-2-3-9-19-15)21-12-13-5-4-6-14(17)11-13;/h2-7,9,11H,8,10,12H2,1H3,(H2,18,20,21);1H. The van der Waals surface area contributed by atoms with Crippen molar-refractivity contribution in [2.45, 2.75) is 13.0 Å². The smallest absolute Gasteiger partial charge is 0.191 e. The molecule has 2 rings (SSSR count). The Morgan fingerprint density at radius 3 is 2.73 bits per heavy atom. The Balaban J connectivity index is 0.00000242. The Bertz CT molecular complexity index is 590. The van der Waals surface area contributed by atoms with E-state index in [0.29, 0.717) is 0 Å². The van der Waals surface area contributed by atoms with Gasteiger partial charge in [-0.25, -0.2) is 0 Å². The second-order valence-electron chi connectivity index (χ2n) is 4.55. The normalized spacial score (nSPS) is 10.7. The zero-order valence-corrected chi connectivity index (χ0v) is 16.3. The average molecular weight is 475 g/mol. The minimum Gasteiger partial charge on any atom is -0.356 e. The monoisotopic (exact) mass is 474 g/mol. The fourth-order valence-electron chi connectivity index (χ4n) is 1.91. The second kappa shape index (κ2) is 10.6. The lowest BCUT2D eigenvalue weighted by molar-refractivity contribution is 0.784. The highest BCUT2D eigenvalue weighted by molar-refractivity contribution is 14.0. The molecule has 0 radical (unpaired) electrons. The van der Waals surface area contributed by atoms with Gasteiger partial charge >= 0.3 is 0 Å². The number of hydrogen-bond acceptors (Lipinski definition) is 2. The van der Waals surface area contributed by atoms with Crippen LogP contribution in [0.1, 0.15) is 11.3 Å². The maximum absolute atomic E-state index is 4.30. The molecule has 6 heteroatoms. The Hall–Kier alpha value is -1.15. The highest BCUT2D eigenvalue weighted by atomic mass is 127. The second-order valence-corrected chi connectivity index (χ2v) is 5.47. The lowest BCUT2D eigenvalue weighted by atomic mass is 10.2. The van der Waals surface area contributed by atoms with Gasteiger partial charge in [0.05, 0.1) is 0 Å². The van der Waals surface area contributed by atoms with Gasteiger partial charge in [-0.1, -0.05) is 34.1 Å². The van der Waals surface area contributed by atoms with E-state index in [2.05, 4.69) is 48.7 Å². The van der Waals surface area contributed by atoms with Gasteiger partial charge in [0, 0.05) is 42.9 Å². The fourth-order valence-corrected chi connectivity index (χ4v) is 2.35. The predicted molar refractivity (Wildman–Crippen MR) is 106 cm³/mol. The number of nitrogens with zero attached hydrogens (tertiary/aromatic N) is 2. The van der Waals surface area contributed by atoms with Crippen LogP contribution in [0.2, 0.25) is 0 Å². The number of pyridine rings is 1. The van der Waals surface area contributed by atoms with E-state index in [4.69, 9.17) is 0 Å². The third kappa shape index (κ3) is 6.74. The SMILES string of the molecule is CN=C(NCCc1ccccn1)NCc1cccc(Br)c1.I. The van der Waals surface area contributed by atoms with Crippen LogP contribution in [0.3, 0.4) is 0 Å². The summed E-state index contributed by atoms with van der Waals surface area (Å²) in [5.74, 6) is 0.797. The summed E-state index contributed by atoms with van der Waals surface area (Å²) in [5.41, 5.74) is 2.28. The van der Waals surface area contributed by atoms with Crippen LogP contribution in [0.4, 0.5) is 0 Å². The molecule has 0 atom stereocenters. The molecule has 2 N–H and O–H groups in total. The van der Waals surface area contributed by atoms with E-state index < -0.39 is 0 Å². The molecule has 1 aromatic carbocycles. The van der Waals surface area contributed by atoms with Crippen LogP contribution in [0.25, 0.3) is 0 Å². The summed E-state index contributed by atoms with van der Waals surface area (Å²) in [6.07, 6.45) is 2.69. The minimum absolute atomic E-state index is 0. The van der Waals surface area contributed by atoms with Gasteiger partial charge < -0.3 is 10.6 Å². The number of nitrogens with one attached hydrogen (secondary N) is 2. The van der Waals surface area contributed by atoms with Crippen LogP contribution in [0.15, 0.2) is 58.1 Å². The average Bonchev–Trinajstić information content (AvgIpc) is 2.52. The summed E-state index contributed by atoms with van der Waals surface area (Å²) >= 11 is 3.47. The maximum Gasteiger partial charge on any atom is 0.191 e. The predicted octanol–water partition coefficient (Wildman–Crippen LogP) is 3.37.